The molecule has 0 aliphatic carbocycles. The number of halogens is 2. The summed E-state index contributed by atoms with van der Waals surface area (Å²) in [6, 6.07) is 5.36. The molecule has 0 radical (unpaired) electrons. The fraction of sp³-hybridized carbons (Fsp3) is 0.143. The maximum Gasteiger partial charge on any atom is 0.229 e. The SMILES string of the molecule is CS(=O)(=O)Nc1cc(Br)cc(I)c1. The highest BCUT2D eigenvalue weighted by molar-refractivity contribution is 14.1. The van der Waals surface area contributed by atoms with Gasteiger partial charge in [-0.15, -0.1) is 0 Å². The predicted molar refractivity (Wildman–Crippen MR) is 65.3 cm³/mol. The topological polar surface area (TPSA) is 46.2 Å². The van der Waals surface area contributed by atoms with Crippen LogP contribution in [0.15, 0.2) is 22.7 Å². The molecule has 0 spiro atoms. The van der Waals surface area contributed by atoms with Crippen LogP contribution in [-0.2, 0) is 10.0 Å². The molecule has 0 saturated carbocycles. The number of nitrogens with one attached hydrogen (secondary N) is 1. The Bertz CT molecular complexity index is 398. The van der Waals surface area contributed by atoms with Crippen LogP contribution < -0.4 is 4.72 Å². The zero-order valence-electron chi connectivity index (χ0n) is 6.71. The first-order valence-corrected chi connectivity index (χ1v) is 7.07. The molecule has 1 aromatic carbocycles. The molecule has 13 heavy (non-hydrogen) atoms. The van der Waals surface area contributed by atoms with Crippen LogP contribution in [0.4, 0.5) is 5.69 Å². The van der Waals surface area contributed by atoms with E-state index in [9.17, 15) is 8.42 Å². The molecule has 0 aromatic heterocycles. The highest BCUT2D eigenvalue weighted by atomic mass is 127. The van der Waals surface area contributed by atoms with Gasteiger partial charge in [-0.1, -0.05) is 15.9 Å². The Morgan fingerprint density at radius 3 is 2.46 bits per heavy atom. The molecule has 0 aliphatic heterocycles. The molecule has 1 N–H and O–H groups in total. The summed E-state index contributed by atoms with van der Waals surface area (Å²) < 4.78 is 26.0. The highest BCUT2D eigenvalue weighted by Gasteiger charge is 2.02. The van der Waals surface area contributed by atoms with Crippen LogP contribution in [0, 0.1) is 3.57 Å². The van der Waals surface area contributed by atoms with Crippen molar-refractivity contribution < 1.29 is 8.42 Å². The first kappa shape index (κ1) is 11.3. The van der Waals surface area contributed by atoms with Crippen molar-refractivity contribution in [3.63, 3.8) is 0 Å². The van der Waals surface area contributed by atoms with Gasteiger partial charge in [-0.25, -0.2) is 8.42 Å². The van der Waals surface area contributed by atoms with Crippen LogP contribution in [0.2, 0.25) is 0 Å². The van der Waals surface area contributed by atoms with E-state index >= 15 is 0 Å². The van der Waals surface area contributed by atoms with Gasteiger partial charge in [0.25, 0.3) is 0 Å². The van der Waals surface area contributed by atoms with E-state index in [-0.39, 0.29) is 0 Å². The van der Waals surface area contributed by atoms with Gasteiger partial charge < -0.3 is 0 Å². The maximum absolute atomic E-state index is 10.9. The lowest BCUT2D eigenvalue weighted by molar-refractivity contribution is 0.607. The zero-order valence-corrected chi connectivity index (χ0v) is 11.3. The lowest BCUT2D eigenvalue weighted by Crippen LogP contribution is -2.09. The lowest BCUT2D eigenvalue weighted by Gasteiger charge is -2.04. The lowest BCUT2D eigenvalue weighted by atomic mass is 10.3. The molecule has 1 aromatic rings. The van der Waals surface area contributed by atoms with E-state index in [0.717, 1.165) is 14.3 Å². The summed E-state index contributed by atoms with van der Waals surface area (Å²) in [5.74, 6) is 0. The minimum Gasteiger partial charge on any atom is -0.284 e. The molecular formula is C7H7BrINO2S. The van der Waals surface area contributed by atoms with Crippen LogP contribution >= 0.6 is 38.5 Å². The van der Waals surface area contributed by atoms with Crippen molar-refractivity contribution in [1.29, 1.82) is 0 Å². The van der Waals surface area contributed by atoms with Crippen LogP contribution in [0.5, 0.6) is 0 Å². The van der Waals surface area contributed by atoms with Crippen molar-refractivity contribution in [1.82, 2.24) is 0 Å². The van der Waals surface area contributed by atoms with Crippen molar-refractivity contribution in [2.75, 3.05) is 11.0 Å². The summed E-state index contributed by atoms with van der Waals surface area (Å²) in [5.41, 5.74) is 0.571. The Morgan fingerprint density at radius 1 is 1.38 bits per heavy atom. The monoisotopic (exact) mass is 375 g/mol. The molecule has 1 rings (SSSR count). The number of benzene rings is 1. The van der Waals surface area contributed by atoms with Crippen molar-refractivity contribution in [3.05, 3.63) is 26.2 Å². The van der Waals surface area contributed by atoms with Gasteiger partial charge in [-0.05, 0) is 40.8 Å². The predicted octanol–water partition coefficient (Wildman–Crippen LogP) is 2.43. The second-order valence-corrected chi connectivity index (χ2v) is 6.44. The Morgan fingerprint density at radius 2 is 2.00 bits per heavy atom. The number of anilines is 1. The summed E-state index contributed by atoms with van der Waals surface area (Å²) in [7, 11) is -3.18. The van der Waals surface area contributed by atoms with E-state index < -0.39 is 10.0 Å². The van der Waals surface area contributed by atoms with Gasteiger partial charge in [0.2, 0.25) is 10.0 Å². The molecule has 3 nitrogen and oxygen atoms in total. The summed E-state index contributed by atoms with van der Waals surface area (Å²) in [5, 5.41) is 0. The van der Waals surface area contributed by atoms with Gasteiger partial charge >= 0.3 is 0 Å². The molecule has 0 fully saturated rings. The standard InChI is InChI=1S/C7H7BrINO2S/c1-13(11,12)10-7-3-5(8)2-6(9)4-7/h2-4,10H,1H3. The molecule has 0 amide bonds. The minimum atomic E-state index is -3.18. The second kappa shape index (κ2) is 4.14. The van der Waals surface area contributed by atoms with Crippen molar-refractivity contribution in [2.24, 2.45) is 0 Å². The molecule has 0 atom stereocenters. The van der Waals surface area contributed by atoms with Crippen molar-refractivity contribution in [3.8, 4) is 0 Å². The second-order valence-electron chi connectivity index (χ2n) is 2.53. The van der Waals surface area contributed by atoms with Gasteiger partial charge in [0, 0.05) is 8.04 Å². The fourth-order valence-electron chi connectivity index (χ4n) is 0.827. The van der Waals surface area contributed by atoms with E-state index in [4.69, 9.17) is 0 Å². The molecule has 72 valence electrons. The Hall–Kier alpha value is 0.180. The average molecular weight is 376 g/mol. The molecule has 0 aliphatic rings. The van der Waals surface area contributed by atoms with Gasteiger partial charge in [0.05, 0.1) is 11.9 Å². The minimum absolute atomic E-state index is 0.571. The first-order chi connectivity index (χ1) is 5.87. The Labute approximate surface area is 99.2 Å². The van der Waals surface area contributed by atoms with Crippen LogP contribution in [-0.4, -0.2) is 14.7 Å². The molecular weight excluding hydrogens is 369 g/mol. The van der Waals surface area contributed by atoms with Gasteiger partial charge in [-0.3, -0.25) is 4.72 Å². The van der Waals surface area contributed by atoms with Gasteiger partial charge in [-0.2, -0.15) is 0 Å². The van der Waals surface area contributed by atoms with Crippen LogP contribution in [0.1, 0.15) is 0 Å². The molecule has 0 heterocycles. The number of rotatable bonds is 2. The molecule has 0 saturated heterocycles. The van der Waals surface area contributed by atoms with E-state index in [1.807, 2.05) is 6.07 Å². The largest absolute Gasteiger partial charge is 0.284 e. The first-order valence-electron chi connectivity index (χ1n) is 3.31. The van der Waals surface area contributed by atoms with Crippen molar-refractivity contribution >= 4 is 54.2 Å². The van der Waals surface area contributed by atoms with Crippen molar-refractivity contribution in [2.45, 2.75) is 0 Å². The van der Waals surface area contributed by atoms with Crippen LogP contribution in [0.3, 0.4) is 0 Å². The summed E-state index contributed by atoms with van der Waals surface area (Å²) in [6.07, 6.45) is 1.13. The molecule has 0 bridgehead atoms. The average Bonchev–Trinajstić information content (AvgIpc) is 1.78. The summed E-state index contributed by atoms with van der Waals surface area (Å²) in [4.78, 5) is 0. The normalized spacial score (nSPS) is 11.3. The third-order valence-corrected chi connectivity index (χ3v) is 2.85. The third kappa shape index (κ3) is 4.28. The Balaban J connectivity index is 3.03. The Kier molecular flexibility index (Phi) is 3.58. The highest BCUT2D eigenvalue weighted by Crippen LogP contribution is 2.21. The quantitative estimate of drug-likeness (QED) is 0.807. The fourth-order valence-corrected chi connectivity index (χ4v) is 2.97. The summed E-state index contributed by atoms with van der Waals surface area (Å²) in [6.45, 7) is 0. The van der Waals surface area contributed by atoms with E-state index in [2.05, 4.69) is 43.2 Å². The van der Waals surface area contributed by atoms with Crippen LogP contribution in [0.25, 0.3) is 0 Å². The smallest absolute Gasteiger partial charge is 0.229 e. The third-order valence-electron chi connectivity index (χ3n) is 1.17. The number of sulfonamides is 1. The van der Waals surface area contributed by atoms with Gasteiger partial charge in [0.15, 0.2) is 0 Å². The van der Waals surface area contributed by atoms with E-state index in [0.29, 0.717) is 5.69 Å². The van der Waals surface area contributed by atoms with Gasteiger partial charge in [0.1, 0.15) is 0 Å². The molecule has 6 heteroatoms. The number of hydrogen-bond acceptors (Lipinski definition) is 2. The van der Waals surface area contributed by atoms with E-state index in [1.54, 1.807) is 12.1 Å². The number of hydrogen-bond donors (Lipinski definition) is 1. The van der Waals surface area contributed by atoms with E-state index in [1.165, 1.54) is 0 Å². The summed E-state index contributed by atoms with van der Waals surface area (Å²) >= 11 is 5.40. The zero-order chi connectivity index (χ0) is 10.1. The molecule has 0 unspecified atom stereocenters. The maximum atomic E-state index is 10.9.